The molecule has 184 valence electrons. The van der Waals surface area contributed by atoms with Crippen LogP contribution in [0.2, 0.25) is 0 Å². The highest BCUT2D eigenvalue weighted by Gasteiger charge is 2.31. The number of halogens is 3. The lowest BCUT2D eigenvalue weighted by atomic mass is 9.97. The van der Waals surface area contributed by atoms with Crippen LogP contribution in [0.1, 0.15) is 32.3 Å². The number of rotatable bonds is 8. The third-order valence-corrected chi connectivity index (χ3v) is 5.85. The van der Waals surface area contributed by atoms with Crippen LogP contribution in [0.4, 0.5) is 30.4 Å². The highest BCUT2D eigenvalue weighted by atomic mass is 19.4. The molecule has 1 aliphatic rings. The highest BCUT2D eigenvalue weighted by molar-refractivity contribution is 5.93. The zero-order valence-electron chi connectivity index (χ0n) is 19.3. The maximum Gasteiger partial charge on any atom is 0.417 e. The predicted octanol–water partition coefficient (Wildman–Crippen LogP) is 4.34. The standard InChI is InChI=1S/C24H29F3N4O3/c1-3-30(4-2)20-8-6-19(7-9-20)29-22(32)16-34-23(33)17-11-13-31(14-12-17)21-10-5-18(15-28-21)24(25,26)27/h5-10,15,17H,3-4,11-14,16H2,1-2H3,(H,29,32). The number of alkyl halides is 3. The van der Waals surface area contributed by atoms with Crippen LogP contribution in [0, 0.1) is 5.92 Å². The van der Waals surface area contributed by atoms with Crippen LogP contribution >= 0.6 is 0 Å². The second kappa shape index (κ2) is 11.2. The summed E-state index contributed by atoms with van der Waals surface area (Å²) < 4.78 is 43.3. The number of ether oxygens (including phenoxy) is 1. The van der Waals surface area contributed by atoms with Crippen molar-refractivity contribution in [2.45, 2.75) is 32.9 Å². The number of nitrogens with one attached hydrogen (secondary N) is 1. The molecule has 10 heteroatoms. The van der Waals surface area contributed by atoms with Crippen molar-refractivity contribution in [1.29, 1.82) is 0 Å². The molecule has 1 saturated heterocycles. The van der Waals surface area contributed by atoms with Crippen molar-refractivity contribution in [3.63, 3.8) is 0 Å². The number of hydrogen-bond acceptors (Lipinski definition) is 6. The van der Waals surface area contributed by atoms with E-state index in [1.54, 1.807) is 12.1 Å². The normalized spacial score (nSPS) is 14.6. The lowest BCUT2D eigenvalue weighted by molar-refractivity contribution is -0.152. The molecule has 1 fully saturated rings. The Hall–Kier alpha value is -3.30. The molecule has 0 spiro atoms. The second-order valence-corrected chi connectivity index (χ2v) is 8.04. The van der Waals surface area contributed by atoms with E-state index >= 15 is 0 Å². The molecule has 0 saturated carbocycles. The number of carbonyl (C=O) groups excluding carboxylic acids is 2. The van der Waals surface area contributed by atoms with Crippen LogP contribution < -0.4 is 15.1 Å². The Morgan fingerprint density at radius 2 is 1.74 bits per heavy atom. The van der Waals surface area contributed by atoms with Crippen LogP contribution in [0.25, 0.3) is 0 Å². The van der Waals surface area contributed by atoms with Crippen LogP contribution in [-0.4, -0.2) is 49.6 Å². The van der Waals surface area contributed by atoms with E-state index in [0.717, 1.165) is 31.0 Å². The number of piperidine rings is 1. The molecule has 0 atom stereocenters. The molecule has 3 rings (SSSR count). The number of carbonyl (C=O) groups is 2. The molecule has 34 heavy (non-hydrogen) atoms. The monoisotopic (exact) mass is 478 g/mol. The first-order chi connectivity index (χ1) is 16.2. The van der Waals surface area contributed by atoms with Gasteiger partial charge in [0.2, 0.25) is 0 Å². The Kier molecular flexibility index (Phi) is 8.36. The topological polar surface area (TPSA) is 74.8 Å². The Labute approximate surface area is 196 Å². The van der Waals surface area contributed by atoms with Crippen molar-refractivity contribution >= 4 is 29.1 Å². The molecule has 1 aliphatic heterocycles. The summed E-state index contributed by atoms with van der Waals surface area (Å²) in [4.78, 5) is 32.5. The van der Waals surface area contributed by atoms with Gasteiger partial charge in [-0.05, 0) is 63.1 Å². The first-order valence-corrected chi connectivity index (χ1v) is 11.3. The quantitative estimate of drug-likeness (QED) is 0.569. The van der Waals surface area contributed by atoms with Gasteiger partial charge in [0.05, 0.1) is 11.5 Å². The summed E-state index contributed by atoms with van der Waals surface area (Å²) in [6, 6.07) is 9.79. The van der Waals surface area contributed by atoms with Crippen molar-refractivity contribution in [3.05, 3.63) is 48.2 Å². The molecule has 7 nitrogen and oxygen atoms in total. The number of hydrogen-bond donors (Lipinski definition) is 1. The van der Waals surface area contributed by atoms with Crippen LogP contribution in [0.3, 0.4) is 0 Å². The van der Waals surface area contributed by atoms with Gasteiger partial charge in [0.15, 0.2) is 6.61 Å². The number of amides is 1. The summed E-state index contributed by atoms with van der Waals surface area (Å²) in [7, 11) is 0. The van der Waals surface area contributed by atoms with Crippen molar-refractivity contribution in [2.75, 3.05) is 47.9 Å². The number of nitrogens with zero attached hydrogens (tertiary/aromatic N) is 3. The fraction of sp³-hybridized carbons (Fsp3) is 0.458. The highest BCUT2D eigenvalue weighted by Crippen LogP contribution is 2.30. The Morgan fingerprint density at radius 1 is 1.09 bits per heavy atom. The summed E-state index contributed by atoms with van der Waals surface area (Å²) in [5, 5.41) is 2.71. The molecule has 1 aromatic heterocycles. The number of aromatic nitrogens is 1. The Balaban J connectivity index is 1.42. The van der Waals surface area contributed by atoms with E-state index in [9.17, 15) is 22.8 Å². The molecule has 1 N–H and O–H groups in total. The Bertz CT molecular complexity index is 953. The van der Waals surface area contributed by atoms with Gasteiger partial charge in [-0.1, -0.05) is 0 Å². The van der Waals surface area contributed by atoms with Crippen molar-refractivity contribution in [1.82, 2.24) is 4.98 Å². The number of anilines is 3. The van der Waals surface area contributed by atoms with E-state index in [1.165, 1.54) is 6.07 Å². The van der Waals surface area contributed by atoms with Gasteiger partial charge in [0, 0.05) is 43.8 Å². The van der Waals surface area contributed by atoms with E-state index in [-0.39, 0.29) is 12.5 Å². The fourth-order valence-electron chi connectivity index (χ4n) is 3.88. The molecule has 0 aliphatic carbocycles. The minimum absolute atomic E-state index is 0.369. The fourth-order valence-corrected chi connectivity index (χ4v) is 3.88. The Morgan fingerprint density at radius 3 is 2.26 bits per heavy atom. The zero-order chi connectivity index (χ0) is 24.7. The van der Waals surface area contributed by atoms with Crippen LogP contribution in [0.5, 0.6) is 0 Å². The molecule has 0 unspecified atom stereocenters. The zero-order valence-corrected chi connectivity index (χ0v) is 19.3. The van der Waals surface area contributed by atoms with Gasteiger partial charge in [0.1, 0.15) is 5.82 Å². The second-order valence-electron chi connectivity index (χ2n) is 8.04. The summed E-state index contributed by atoms with van der Waals surface area (Å²) in [5.41, 5.74) is 0.884. The van der Waals surface area contributed by atoms with Gasteiger partial charge >= 0.3 is 12.1 Å². The molecule has 0 bridgehead atoms. The van der Waals surface area contributed by atoms with Crippen molar-refractivity contribution < 1.29 is 27.5 Å². The molecule has 2 aromatic rings. The summed E-state index contributed by atoms with van der Waals surface area (Å²) in [6.45, 7) is 6.46. The average Bonchev–Trinajstić information content (AvgIpc) is 2.84. The van der Waals surface area contributed by atoms with Crippen LogP contribution in [0.15, 0.2) is 42.6 Å². The van der Waals surface area contributed by atoms with E-state index in [0.29, 0.717) is 37.4 Å². The first kappa shape index (κ1) is 25.3. The number of esters is 1. The largest absolute Gasteiger partial charge is 0.455 e. The predicted molar refractivity (Wildman–Crippen MR) is 124 cm³/mol. The first-order valence-electron chi connectivity index (χ1n) is 11.3. The molecular weight excluding hydrogens is 449 g/mol. The number of benzene rings is 1. The lowest BCUT2D eigenvalue weighted by Gasteiger charge is -2.31. The maximum atomic E-state index is 12.7. The third-order valence-electron chi connectivity index (χ3n) is 5.85. The third kappa shape index (κ3) is 6.61. The van der Waals surface area contributed by atoms with Gasteiger partial charge in [-0.3, -0.25) is 9.59 Å². The minimum Gasteiger partial charge on any atom is -0.455 e. The number of pyridine rings is 1. The SMILES string of the molecule is CCN(CC)c1ccc(NC(=O)COC(=O)C2CCN(c3ccc(C(F)(F)F)cn3)CC2)cc1. The molecule has 1 aromatic carbocycles. The van der Waals surface area contributed by atoms with Gasteiger partial charge < -0.3 is 19.9 Å². The molecular formula is C24H29F3N4O3. The van der Waals surface area contributed by atoms with Crippen LogP contribution in [-0.2, 0) is 20.5 Å². The van der Waals surface area contributed by atoms with E-state index in [4.69, 9.17) is 4.74 Å². The van der Waals surface area contributed by atoms with Gasteiger partial charge in [-0.2, -0.15) is 13.2 Å². The van der Waals surface area contributed by atoms with Gasteiger partial charge in [-0.25, -0.2) is 4.98 Å². The van der Waals surface area contributed by atoms with E-state index < -0.39 is 23.6 Å². The summed E-state index contributed by atoms with van der Waals surface area (Å²) in [6.07, 6.45) is -2.68. The van der Waals surface area contributed by atoms with E-state index in [2.05, 4.69) is 29.0 Å². The van der Waals surface area contributed by atoms with Gasteiger partial charge in [-0.15, -0.1) is 0 Å². The maximum absolute atomic E-state index is 12.7. The van der Waals surface area contributed by atoms with Crippen molar-refractivity contribution in [3.8, 4) is 0 Å². The molecule has 0 radical (unpaired) electrons. The summed E-state index contributed by atoms with van der Waals surface area (Å²) in [5.74, 6) is -0.805. The van der Waals surface area contributed by atoms with Gasteiger partial charge in [0.25, 0.3) is 5.91 Å². The lowest BCUT2D eigenvalue weighted by Crippen LogP contribution is -2.38. The molecule has 1 amide bonds. The van der Waals surface area contributed by atoms with Crippen molar-refractivity contribution in [2.24, 2.45) is 5.92 Å². The summed E-state index contributed by atoms with van der Waals surface area (Å²) >= 11 is 0. The smallest absolute Gasteiger partial charge is 0.417 e. The molecule has 2 heterocycles. The van der Waals surface area contributed by atoms with E-state index in [1.807, 2.05) is 17.0 Å². The minimum atomic E-state index is -4.43. The average molecular weight is 479 g/mol.